The number of rotatable bonds is 6. The molecule has 0 radical (unpaired) electrons. The number of carboxylic acid groups (broad SMARTS) is 1. The second-order valence-corrected chi connectivity index (χ2v) is 4.56. The molecule has 0 spiro atoms. The van der Waals surface area contributed by atoms with Gasteiger partial charge in [-0.1, -0.05) is 6.92 Å². The van der Waals surface area contributed by atoms with Crippen LogP contribution in [0.25, 0.3) is 0 Å². The molecule has 0 aromatic carbocycles. The fourth-order valence-corrected chi connectivity index (χ4v) is 1.88. The first-order valence-electron chi connectivity index (χ1n) is 5.78. The maximum atomic E-state index is 10.6. The number of hydrogen-bond donors (Lipinski definition) is 2. The summed E-state index contributed by atoms with van der Waals surface area (Å²) in [7, 11) is 0. The molecule has 1 heterocycles. The summed E-state index contributed by atoms with van der Waals surface area (Å²) in [5.41, 5.74) is 0. The van der Waals surface area contributed by atoms with Gasteiger partial charge in [-0.15, -0.1) is 0 Å². The van der Waals surface area contributed by atoms with E-state index in [9.17, 15) is 4.79 Å². The van der Waals surface area contributed by atoms with Gasteiger partial charge in [0.15, 0.2) is 0 Å². The van der Waals surface area contributed by atoms with Gasteiger partial charge >= 0.3 is 5.97 Å². The van der Waals surface area contributed by atoms with Crippen molar-refractivity contribution in [2.75, 3.05) is 26.2 Å². The molecule has 1 aliphatic rings. The zero-order valence-electron chi connectivity index (χ0n) is 9.70. The lowest BCUT2D eigenvalue weighted by Crippen LogP contribution is -2.40. The first kappa shape index (κ1) is 12.5. The monoisotopic (exact) mass is 214 g/mol. The number of carbonyl (C=O) groups is 1. The molecule has 0 aromatic rings. The SMILES string of the molecule is CC(CN1CCCC1)NCC(C)C(=O)O. The molecule has 4 nitrogen and oxygen atoms in total. The normalized spacial score (nSPS) is 21.5. The summed E-state index contributed by atoms with van der Waals surface area (Å²) in [6.07, 6.45) is 2.61. The van der Waals surface area contributed by atoms with Crippen molar-refractivity contribution in [3.05, 3.63) is 0 Å². The van der Waals surface area contributed by atoms with Gasteiger partial charge in [-0.05, 0) is 32.9 Å². The predicted molar refractivity (Wildman–Crippen MR) is 59.9 cm³/mol. The smallest absolute Gasteiger partial charge is 0.307 e. The Balaban J connectivity index is 2.12. The molecule has 1 fully saturated rings. The fraction of sp³-hybridized carbons (Fsp3) is 0.909. The third-order valence-electron chi connectivity index (χ3n) is 2.92. The van der Waals surface area contributed by atoms with Crippen LogP contribution in [-0.4, -0.2) is 48.2 Å². The van der Waals surface area contributed by atoms with Crippen LogP contribution in [0.5, 0.6) is 0 Å². The van der Waals surface area contributed by atoms with Crippen LogP contribution in [0.4, 0.5) is 0 Å². The first-order valence-corrected chi connectivity index (χ1v) is 5.78. The Morgan fingerprint density at radius 3 is 2.53 bits per heavy atom. The van der Waals surface area contributed by atoms with Gasteiger partial charge in [0.1, 0.15) is 0 Å². The second-order valence-electron chi connectivity index (χ2n) is 4.56. The van der Waals surface area contributed by atoms with Gasteiger partial charge < -0.3 is 15.3 Å². The molecule has 2 unspecified atom stereocenters. The zero-order valence-corrected chi connectivity index (χ0v) is 9.70. The Kier molecular flexibility index (Phi) is 5.05. The summed E-state index contributed by atoms with van der Waals surface area (Å²) in [5, 5.41) is 12.0. The lowest BCUT2D eigenvalue weighted by atomic mass is 10.2. The molecule has 0 bridgehead atoms. The third kappa shape index (κ3) is 4.62. The average molecular weight is 214 g/mol. The van der Waals surface area contributed by atoms with Crippen molar-refractivity contribution in [3.8, 4) is 0 Å². The molecule has 1 aliphatic heterocycles. The van der Waals surface area contributed by atoms with Crippen LogP contribution in [0.15, 0.2) is 0 Å². The molecule has 2 atom stereocenters. The van der Waals surface area contributed by atoms with Crippen LogP contribution in [0, 0.1) is 5.92 Å². The van der Waals surface area contributed by atoms with Crippen molar-refractivity contribution >= 4 is 5.97 Å². The van der Waals surface area contributed by atoms with E-state index < -0.39 is 5.97 Å². The molecular weight excluding hydrogens is 192 g/mol. The van der Waals surface area contributed by atoms with Gasteiger partial charge in [0.25, 0.3) is 0 Å². The van der Waals surface area contributed by atoms with Crippen LogP contribution >= 0.6 is 0 Å². The fourth-order valence-electron chi connectivity index (χ4n) is 1.88. The number of nitrogens with one attached hydrogen (secondary N) is 1. The van der Waals surface area contributed by atoms with Gasteiger partial charge in [-0.2, -0.15) is 0 Å². The molecule has 0 aromatic heterocycles. The lowest BCUT2D eigenvalue weighted by Gasteiger charge is -2.22. The molecule has 15 heavy (non-hydrogen) atoms. The maximum absolute atomic E-state index is 10.6. The average Bonchev–Trinajstić information content (AvgIpc) is 2.66. The maximum Gasteiger partial charge on any atom is 0.307 e. The molecule has 0 saturated carbocycles. The molecule has 0 amide bonds. The van der Waals surface area contributed by atoms with Gasteiger partial charge in [0.2, 0.25) is 0 Å². The highest BCUT2D eigenvalue weighted by Gasteiger charge is 2.16. The summed E-state index contributed by atoms with van der Waals surface area (Å²) in [6.45, 7) is 7.84. The van der Waals surface area contributed by atoms with Crippen molar-refractivity contribution in [2.24, 2.45) is 5.92 Å². The highest BCUT2D eigenvalue weighted by atomic mass is 16.4. The Morgan fingerprint density at radius 1 is 1.40 bits per heavy atom. The van der Waals surface area contributed by atoms with Gasteiger partial charge in [-0.3, -0.25) is 4.79 Å². The van der Waals surface area contributed by atoms with Crippen LogP contribution in [0.3, 0.4) is 0 Å². The van der Waals surface area contributed by atoms with E-state index in [1.807, 2.05) is 0 Å². The number of hydrogen-bond acceptors (Lipinski definition) is 3. The van der Waals surface area contributed by atoms with Crippen molar-refractivity contribution < 1.29 is 9.90 Å². The van der Waals surface area contributed by atoms with E-state index in [1.165, 1.54) is 25.9 Å². The molecule has 88 valence electrons. The van der Waals surface area contributed by atoms with Crippen LogP contribution in [-0.2, 0) is 4.79 Å². The Hall–Kier alpha value is -0.610. The number of carboxylic acids is 1. The quantitative estimate of drug-likeness (QED) is 0.686. The lowest BCUT2D eigenvalue weighted by molar-refractivity contribution is -0.140. The summed E-state index contributed by atoms with van der Waals surface area (Å²) in [5.74, 6) is -1.03. The third-order valence-corrected chi connectivity index (χ3v) is 2.92. The largest absolute Gasteiger partial charge is 0.481 e. The minimum atomic E-state index is -0.726. The molecular formula is C11H22N2O2. The van der Waals surface area contributed by atoms with Crippen LogP contribution in [0.2, 0.25) is 0 Å². The molecule has 1 saturated heterocycles. The second kappa shape index (κ2) is 6.08. The summed E-state index contributed by atoms with van der Waals surface area (Å²) >= 11 is 0. The minimum absolute atomic E-state index is 0.300. The van der Waals surface area contributed by atoms with E-state index in [1.54, 1.807) is 6.92 Å². The van der Waals surface area contributed by atoms with Gasteiger partial charge in [0.05, 0.1) is 5.92 Å². The molecule has 4 heteroatoms. The topological polar surface area (TPSA) is 52.6 Å². The highest BCUT2D eigenvalue weighted by molar-refractivity contribution is 5.69. The summed E-state index contributed by atoms with van der Waals surface area (Å²) in [4.78, 5) is 13.0. The Morgan fingerprint density at radius 2 is 2.00 bits per heavy atom. The molecule has 0 aliphatic carbocycles. The van der Waals surface area contributed by atoms with Gasteiger partial charge in [-0.25, -0.2) is 0 Å². The van der Waals surface area contributed by atoms with E-state index in [0.29, 0.717) is 12.6 Å². The van der Waals surface area contributed by atoms with E-state index in [-0.39, 0.29) is 5.92 Å². The molecule has 1 rings (SSSR count). The Bertz CT molecular complexity index is 203. The van der Waals surface area contributed by atoms with Crippen molar-refractivity contribution in [3.63, 3.8) is 0 Å². The first-order chi connectivity index (χ1) is 7.09. The Labute approximate surface area is 91.6 Å². The molecule has 2 N–H and O–H groups in total. The van der Waals surface area contributed by atoms with E-state index >= 15 is 0 Å². The van der Waals surface area contributed by atoms with E-state index in [0.717, 1.165) is 6.54 Å². The standard InChI is InChI=1S/C11H22N2O2/c1-9(11(14)15)7-12-10(2)8-13-5-3-4-6-13/h9-10,12H,3-8H2,1-2H3,(H,14,15). The van der Waals surface area contributed by atoms with Crippen LogP contribution < -0.4 is 5.32 Å². The summed E-state index contributed by atoms with van der Waals surface area (Å²) in [6, 6.07) is 0.380. The zero-order chi connectivity index (χ0) is 11.3. The van der Waals surface area contributed by atoms with E-state index in [4.69, 9.17) is 5.11 Å². The highest BCUT2D eigenvalue weighted by Crippen LogP contribution is 2.07. The minimum Gasteiger partial charge on any atom is -0.481 e. The number of aliphatic carboxylic acids is 1. The number of likely N-dealkylation sites (tertiary alicyclic amines) is 1. The van der Waals surface area contributed by atoms with Crippen molar-refractivity contribution in [2.45, 2.75) is 32.7 Å². The number of nitrogens with zero attached hydrogens (tertiary/aromatic N) is 1. The van der Waals surface area contributed by atoms with Crippen LogP contribution in [0.1, 0.15) is 26.7 Å². The van der Waals surface area contributed by atoms with Gasteiger partial charge in [0, 0.05) is 19.1 Å². The summed E-state index contributed by atoms with van der Waals surface area (Å²) < 4.78 is 0. The predicted octanol–water partition coefficient (Wildman–Crippen LogP) is 0.781. The van der Waals surface area contributed by atoms with Crippen molar-refractivity contribution in [1.82, 2.24) is 10.2 Å². The van der Waals surface area contributed by atoms with E-state index in [2.05, 4.69) is 17.1 Å². The van der Waals surface area contributed by atoms with Crippen molar-refractivity contribution in [1.29, 1.82) is 0 Å².